The minimum atomic E-state index is -0.395. The Bertz CT molecular complexity index is 364. The summed E-state index contributed by atoms with van der Waals surface area (Å²) in [7, 11) is 0. The van der Waals surface area contributed by atoms with Gasteiger partial charge in [0, 0.05) is 10.6 Å². The predicted molar refractivity (Wildman–Crippen MR) is 69.2 cm³/mol. The molecule has 1 unspecified atom stereocenters. The van der Waals surface area contributed by atoms with E-state index in [9.17, 15) is 0 Å². The topological polar surface area (TPSA) is 21.3 Å². The molecule has 1 aliphatic heterocycles. The first-order chi connectivity index (χ1) is 6.91. The van der Waals surface area contributed by atoms with Crippen molar-refractivity contribution >= 4 is 24.0 Å². The molecular weight excluding hydrogens is 245 g/mol. The fourth-order valence-corrected chi connectivity index (χ4v) is 2.09. The molecule has 1 aromatic carbocycles. The Morgan fingerprint density at radius 2 is 1.75 bits per heavy atom. The van der Waals surface area contributed by atoms with Crippen molar-refractivity contribution in [1.82, 2.24) is 5.32 Å². The largest absolute Gasteiger partial charge is 0.355 e. The van der Waals surface area contributed by atoms with Crippen LogP contribution in [0.25, 0.3) is 0 Å². The SMILES string of the molecule is CC1(C)COC(C)(c2ccc(Cl)cc2)N1.Cl. The smallest absolute Gasteiger partial charge is 0.143 e. The van der Waals surface area contributed by atoms with Crippen LogP contribution in [0.1, 0.15) is 26.3 Å². The molecule has 0 radical (unpaired) electrons. The van der Waals surface area contributed by atoms with Crippen LogP contribution in [0, 0.1) is 0 Å². The molecule has 1 aromatic rings. The molecule has 1 heterocycles. The van der Waals surface area contributed by atoms with Crippen molar-refractivity contribution in [3.05, 3.63) is 34.9 Å². The van der Waals surface area contributed by atoms with E-state index >= 15 is 0 Å². The summed E-state index contributed by atoms with van der Waals surface area (Å²) in [6, 6.07) is 7.77. The average Bonchev–Trinajstić information content (AvgIpc) is 2.43. The highest BCUT2D eigenvalue weighted by Gasteiger charge is 2.41. The molecule has 1 fully saturated rings. The van der Waals surface area contributed by atoms with Crippen LogP contribution in [0.5, 0.6) is 0 Å². The molecule has 1 atom stereocenters. The molecule has 16 heavy (non-hydrogen) atoms. The van der Waals surface area contributed by atoms with Gasteiger partial charge in [0.1, 0.15) is 5.72 Å². The third kappa shape index (κ3) is 2.69. The van der Waals surface area contributed by atoms with Gasteiger partial charge in [0.15, 0.2) is 0 Å². The first kappa shape index (κ1) is 13.8. The van der Waals surface area contributed by atoms with Gasteiger partial charge in [-0.25, -0.2) is 0 Å². The van der Waals surface area contributed by atoms with Crippen LogP contribution >= 0.6 is 24.0 Å². The molecule has 0 amide bonds. The van der Waals surface area contributed by atoms with E-state index in [2.05, 4.69) is 19.2 Å². The van der Waals surface area contributed by atoms with E-state index in [1.807, 2.05) is 31.2 Å². The zero-order chi connectivity index (χ0) is 11.1. The minimum absolute atomic E-state index is 0. The summed E-state index contributed by atoms with van der Waals surface area (Å²) in [4.78, 5) is 0. The molecule has 1 saturated heterocycles. The van der Waals surface area contributed by atoms with E-state index in [1.165, 1.54) is 0 Å². The second-order valence-electron chi connectivity index (χ2n) is 4.84. The Balaban J connectivity index is 0.00000128. The Hall–Kier alpha value is -0.280. The van der Waals surface area contributed by atoms with E-state index in [4.69, 9.17) is 16.3 Å². The van der Waals surface area contributed by atoms with Gasteiger partial charge in [-0.1, -0.05) is 23.7 Å². The van der Waals surface area contributed by atoms with Crippen LogP contribution in [0.15, 0.2) is 24.3 Å². The number of benzene rings is 1. The number of halogens is 2. The summed E-state index contributed by atoms with van der Waals surface area (Å²) in [6.45, 7) is 7.03. The number of rotatable bonds is 1. The molecule has 2 nitrogen and oxygen atoms in total. The van der Waals surface area contributed by atoms with E-state index in [0.29, 0.717) is 6.61 Å². The van der Waals surface area contributed by atoms with Crippen molar-refractivity contribution in [3.63, 3.8) is 0 Å². The highest BCUT2D eigenvalue weighted by Crippen LogP contribution is 2.32. The second-order valence-corrected chi connectivity index (χ2v) is 5.27. The highest BCUT2D eigenvalue weighted by atomic mass is 35.5. The molecule has 0 bridgehead atoms. The highest BCUT2D eigenvalue weighted by molar-refractivity contribution is 6.30. The first-order valence-corrected chi connectivity index (χ1v) is 5.48. The zero-order valence-electron chi connectivity index (χ0n) is 9.71. The third-order valence-corrected chi connectivity index (χ3v) is 2.95. The molecule has 4 heteroatoms. The summed E-state index contributed by atoms with van der Waals surface area (Å²) in [5.41, 5.74) is 0.736. The Labute approximate surface area is 108 Å². The van der Waals surface area contributed by atoms with Crippen molar-refractivity contribution in [3.8, 4) is 0 Å². The maximum absolute atomic E-state index is 5.86. The van der Waals surface area contributed by atoms with Crippen molar-refractivity contribution in [2.45, 2.75) is 32.0 Å². The lowest BCUT2D eigenvalue weighted by atomic mass is 10.0. The Morgan fingerprint density at radius 3 is 2.19 bits per heavy atom. The van der Waals surface area contributed by atoms with E-state index < -0.39 is 5.72 Å². The average molecular weight is 262 g/mol. The van der Waals surface area contributed by atoms with Gasteiger partial charge in [-0.05, 0) is 38.5 Å². The summed E-state index contributed by atoms with van der Waals surface area (Å²) in [5.74, 6) is 0. The second kappa shape index (κ2) is 4.53. The maximum atomic E-state index is 5.86. The number of hydrogen-bond acceptors (Lipinski definition) is 2. The third-order valence-electron chi connectivity index (χ3n) is 2.69. The Kier molecular flexibility index (Phi) is 3.91. The summed E-state index contributed by atoms with van der Waals surface area (Å²) in [5, 5.41) is 4.23. The minimum Gasteiger partial charge on any atom is -0.355 e. The fraction of sp³-hybridized carbons (Fsp3) is 0.500. The van der Waals surface area contributed by atoms with Crippen LogP contribution in [-0.4, -0.2) is 12.1 Å². The quantitative estimate of drug-likeness (QED) is 0.838. The summed E-state index contributed by atoms with van der Waals surface area (Å²) in [6.07, 6.45) is 0. The van der Waals surface area contributed by atoms with Gasteiger partial charge in [0.25, 0.3) is 0 Å². The lowest BCUT2D eigenvalue weighted by Gasteiger charge is -2.27. The lowest BCUT2D eigenvalue weighted by molar-refractivity contribution is 0.00219. The van der Waals surface area contributed by atoms with Gasteiger partial charge in [0.05, 0.1) is 6.61 Å². The van der Waals surface area contributed by atoms with Crippen molar-refractivity contribution in [1.29, 1.82) is 0 Å². The van der Waals surface area contributed by atoms with Crippen LogP contribution in [0.2, 0.25) is 5.02 Å². The van der Waals surface area contributed by atoms with Crippen molar-refractivity contribution in [2.75, 3.05) is 6.61 Å². The van der Waals surface area contributed by atoms with Gasteiger partial charge >= 0.3 is 0 Å². The van der Waals surface area contributed by atoms with Gasteiger partial charge in [-0.15, -0.1) is 12.4 Å². The molecule has 0 aliphatic carbocycles. The molecular formula is C12H17Cl2NO. The monoisotopic (exact) mass is 261 g/mol. The van der Waals surface area contributed by atoms with Gasteiger partial charge in [0.2, 0.25) is 0 Å². The molecule has 1 N–H and O–H groups in total. The van der Waals surface area contributed by atoms with Crippen molar-refractivity contribution in [2.24, 2.45) is 0 Å². The summed E-state index contributed by atoms with van der Waals surface area (Å²) < 4.78 is 5.83. The zero-order valence-corrected chi connectivity index (χ0v) is 11.3. The first-order valence-electron chi connectivity index (χ1n) is 5.11. The molecule has 0 spiro atoms. The fourth-order valence-electron chi connectivity index (χ4n) is 1.97. The van der Waals surface area contributed by atoms with Crippen LogP contribution < -0.4 is 5.32 Å². The predicted octanol–water partition coefficient (Wildman–Crippen LogP) is 3.33. The van der Waals surface area contributed by atoms with Gasteiger partial charge < -0.3 is 4.74 Å². The molecule has 90 valence electrons. The van der Waals surface area contributed by atoms with Crippen molar-refractivity contribution < 1.29 is 4.74 Å². The van der Waals surface area contributed by atoms with Crippen LogP contribution in [0.4, 0.5) is 0 Å². The van der Waals surface area contributed by atoms with E-state index in [0.717, 1.165) is 10.6 Å². The lowest BCUT2D eigenvalue weighted by Crippen LogP contribution is -2.44. The van der Waals surface area contributed by atoms with Gasteiger partial charge in [-0.3, -0.25) is 5.32 Å². The number of hydrogen-bond donors (Lipinski definition) is 1. The standard InChI is InChI=1S/C12H16ClNO.ClH/c1-11(2)8-15-12(3,14-11)9-4-6-10(13)7-5-9;/h4-7,14H,8H2,1-3H3;1H. The van der Waals surface area contributed by atoms with Gasteiger partial charge in [-0.2, -0.15) is 0 Å². The Morgan fingerprint density at radius 1 is 1.19 bits per heavy atom. The normalized spacial score (nSPS) is 27.5. The number of nitrogens with one attached hydrogen (secondary N) is 1. The molecule has 0 aromatic heterocycles. The van der Waals surface area contributed by atoms with Crippen LogP contribution in [-0.2, 0) is 10.5 Å². The maximum Gasteiger partial charge on any atom is 0.143 e. The van der Waals surface area contributed by atoms with Crippen LogP contribution in [0.3, 0.4) is 0 Å². The molecule has 2 rings (SSSR count). The van der Waals surface area contributed by atoms with E-state index in [-0.39, 0.29) is 17.9 Å². The number of ether oxygens (including phenoxy) is 1. The molecule has 0 saturated carbocycles. The van der Waals surface area contributed by atoms with E-state index in [1.54, 1.807) is 0 Å². The summed E-state index contributed by atoms with van der Waals surface area (Å²) >= 11 is 5.86. The molecule has 1 aliphatic rings.